The molecule has 2 aromatic carbocycles. The Kier molecular flexibility index (Phi) is 3.65. The number of nitrogens with one attached hydrogen (secondary N) is 2. The number of H-pyrrole nitrogens is 1. The van der Waals surface area contributed by atoms with Gasteiger partial charge < -0.3 is 14.7 Å². The molecule has 0 fully saturated rings. The van der Waals surface area contributed by atoms with Crippen LogP contribution in [-0.4, -0.2) is 15.5 Å². The third-order valence-corrected chi connectivity index (χ3v) is 4.37. The fourth-order valence-corrected chi connectivity index (χ4v) is 3.00. The van der Waals surface area contributed by atoms with Crippen LogP contribution < -0.4 is 11.1 Å². The lowest BCUT2D eigenvalue weighted by atomic mass is 10.1. The SMILES string of the molecule is Cn1c(=O)oc2ccc(CNC(=O)Cc3c[nH]c4ccccc34)cc21. The molecule has 0 saturated carbocycles. The number of para-hydroxylation sites is 1. The predicted octanol–water partition coefficient (Wildman–Crippen LogP) is 2.47. The molecule has 0 atom stereocenters. The first kappa shape index (κ1) is 15.3. The first-order chi connectivity index (χ1) is 12.1. The predicted molar refractivity (Wildman–Crippen MR) is 95.3 cm³/mol. The van der Waals surface area contributed by atoms with E-state index in [1.165, 1.54) is 4.57 Å². The van der Waals surface area contributed by atoms with E-state index in [0.29, 0.717) is 24.1 Å². The Morgan fingerprint density at radius 2 is 2.08 bits per heavy atom. The molecule has 4 rings (SSSR count). The molecule has 25 heavy (non-hydrogen) atoms. The van der Waals surface area contributed by atoms with Crippen LogP contribution in [0, 0.1) is 0 Å². The van der Waals surface area contributed by atoms with Crippen LogP contribution in [0.2, 0.25) is 0 Å². The molecule has 2 heterocycles. The maximum atomic E-state index is 12.3. The first-order valence-corrected chi connectivity index (χ1v) is 8.02. The molecule has 0 bridgehead atoms. The summed E-state index contributed by atoms with van der Waals surface area (Å²) in [6.45, 7) is 0.399. The Labute approximate surface area is 143 Å². The number of carbonyl (C=O) groups is 1. The molecule has 4 aromatic rings. The number of aromatic nitrogens is 2. The average Bonchev–Trinajstić information content (AvgIpc) is 3.15. The van der Waals surface area contributed by atoms with Gasteiger partial charge in [0.25, 0.3) is 0 Å². The zero-order valence-electron chi connectivity index (χ0n) is 13.7. The van der Waals surface area contributed by atoms with E-state index in [0.717, 1.165) is 22.0 Å². The topological polar surface area (TPSA) is 80.0 Å². The largest absolute Gasteiger partial charge is 0.419 e. The first-order valence-electron chi connectivity index (χ1n) is 8.02. The highest BCUT2D eigenvalue weighted by atomic mass is 16.4. The molecule has 2 aromatic heterocycles. The number of hydrogen-bond acceptors (Lipinski definition) is 3. The minimum Gasteiger partial charge on any atom is -0.408 e. The summed E-state index contributed by atoms with van der Waals surface area (Å²) in [6.07, 6.45) is 2.19. The number of oxazole rings is 1. The second-order valence-electron chi connectivity index (χ2n) is 6.04. The van der Waals surface area contributed by atoms with E-state index >= 15 is 0 Å². The van der Waals surface area contributed by atoms with Gasteiger partial charge in [-0.25, -0.2) is 4.79 Å². The van der Waals surface area contributed by atoms with E-state index in [4.69, 9.17) is 4.42 Å². The smallest absolute Gasteiger partial charge is 0.408 e. The maximum absolute atomic E-state index is 12.3. The van der Waals surface area contributed by atoms with Crippen LogP contribution in [0.3, 0.4) is 0 Å². The number of aryl methyl sites for hydroxylation is 1. The Morgan fingerprint density at radius 3 is 2.96 bits per heavy atom. The molecule has 0 spiro atoms. The number of benzene rings is 2. The highest BCUT2D eigenvalue weighted by Gasteiger charge is 2.10. The molecular formula is C19H17N3O3. The Balaban J connectivity index is 1.46. The second kappa shape index (κ2) is 5.98. The summed E-state index contributed by atoms with van der Waals surface area (Å²) >= 11 is 0. The van der Waals surface area contributed by atoms with Gasteiger partial charge in [0.2, 0.25) is 5.91 Å². The Morgan fingerprint density at radius 1 is 1.24 bits per heavy atom. The molecule has 0 radical (unpaired) electrons. The summed E-state index contributed by atoms with van der Waals surface area (Å²) in [5.41, 5.74) is 4.17. The summed E-state index contributed by atoms with van der Waals surface area (Å²) in [6, 6.07) is 13.4. The molecule has 6 heteroatoms. The van der Waals surface area contributed by atoms with E-state index in [1.54, 1.807) is 13.1 Å². The van der Waals surface area contributed by atoms with Gasteiger partial charge in [0.05, 0.1) is 11.9 Å². The van der Waals surface area contributed by atoms with Crippen molar-refractivity contribution in [2.75, 3.05) is 0 Å². The van der Waals surface area contributed by atoms with Gasteiger partial charge in [-0.15, -0.1) is 0 Å². The van der Waals surface area contributed by atoms with E-state index in [2.05, 4.69) is 10.3 Å². The lowest BCUT2D eigenvalue weighted by Crippen LogP contribution is -2.24. The third kappa shape index (κ3) is 2.82. The summed E-state index contributed by atoms with van der Waals surface area (Å²) < 4.78 is 6.56. The van der Waals surface area contributed by atoms with Crippen LogP contribution in [0.25, 0.3) is 22.0 Å². The van der Waals surface area contributed by atoms with E-state index in [-0.39, 0.29) is 5.91 Å². The molecule has 0 aliphatic heterocycles. The Hall–Kier alpha value is -3.28. The zero-order valence-corrected chi connectivity index (χ0v) is 13.7. The number of amides is 1. The van der Waals surface area contributed by atoms with Crippen molar-refractivity contribution in [1.29, 1.82) is 0 Å². The van der Waals surface area contributed by atoms with Gasteiger partial charge in [0.15, 0.2) is 5.58 Å². The van der Waals surface area contributed by atoms with Crippen molar-refractivity contribution in [3.63, 3.8) is 0 Å². The molecule has 2 N–H and O–H groups in total. The van der Waals surface area contributed by atoms with Crippen LogP contribution in [0.4, 0.5) is 0 Å². The van der Waals surface area contributed by atoms with Crippen molar-refractivity contribution >= 4 is 27.9 Å². The lowest BCUT2D eigenvalue weighted by molar-refractivity contribution is -0.120. The number of hydrogen-bond donors (Lipinski definition) is 2. The molecule has 0 aliphatic carbocycles. The molecule has 0 aliphatic rings. The molecule has 0 saturated heterocycles. The van der Waals surface area contributed by atoms with Gasteiger partial charge in [-0.1, -0.05) is 24.3 Å². The summed E-state index contributed by atoms with van der Waals surface area (Å²) in [5.74, 6) is -0.443. The number of aromatic amines is 1. The molecule has 126 valence electrons. The lowest BCUT2D eigenvalue weighted by Gasteiger charge is -2.05. The van der Waals surface area contributed by atoms with Gasteiger partial charge in [0.1, 0.15) is 0 Å². The second-order valence-corrected chi connectivity index (χ2v) is 6.04. The highest BCUT2D eigenvalue weighted by molar-refractivity contribution is 5.88. The van der Waals surface area contributed by atoms with Crippen molar-refractivity contribution in [2.24, 2.45) is 7.05 Å². The van der Waals surface area contributed by atoms with Gasteiger partial charge in [-0.05, 0) is 29.3 Å². The minimum atomic E-state index is -0.393. The third-order valence-electron chi connectivity index (χ3n) is 4.37. The minimum absolute atomic E-state index is 0.0501. The van der Waals surface area contributed by atoms with E-state index < -0.39 is 5.76 Å². The molecule has 6 nitrogen and oxygen atoms in total. The van der Waals surface area contributed by atoms with Gasteiger partial charge in [0, 0.05) is 30.7 Å². The van der Waals surface area contributed by atoms with Crippen LogP contribution in [0.5, 0.6) is 0 Å². The quantitative estimate of drug-likeness (QED) is 0.601. The van der Waals surface area contributed by atoms with Crippen molar-refractivity contribution in [3.8, 4) is 0 Å². The highest BCUT2D eigenvalue weighted by Crippen LogP contribution is 2.18. The summed E-state index contributed by atoms with van der Waals surface area (Å²) in [7, 11) is 1.66. The number of fused-ring (bicyclic) bond motifs is 2. The average molecular weight is 335 g/mol. The standard InChI is InChI=1S/C19H17N3O3/c1-22-16-8-12(6-7-17(16)25-19(22)24)10-21-18(23)9-13-11-20-15-5-3-2-4-14(13)15/h2-8,11,20H,9-10H2,1H3,(H,21,23). The van der Waals surface area contributed by atoms with Crippen LogP contribution in [-0.2, 0) is 24.8 Å². The van der Waals surface area contributed by atoms with Crippen molar-refractivity contribution in [1.82, 2.24) is 14.9 Å². The number of carbonyl (C=O) groups excluding carboxylic acids is 1. The van der Waals surface area contributed by atoms with E-state index in [9.17, 15) is 9.59 Å². The normalized spacial score (nSPS) is 11.2. The summed E-state index contributed by atoms with van der Waals surface area (Å²) in [4.78, 5) is 27.0. The Bertz CT molecular complexity index is 1130. The molecule has 0 unspecified atom stereocenters. The fraction of sp³-hybridized carbons (Fsp3) is 0.158. The van der Waals surface area contributed by atoms with Gasteiger partial charge in [-0.2, -0.15) is 0 Å². The van der Waals surface area contributed by atoms with Crippen LogP contribution in [0.15, 0.2) is 57.9 Å². The van der Waals surface area contributed by atoms with Crippen molar-refractivity contribution < 1.29 is 9.21 Å². The zero-order chi connectivity index (χ0) is 17.4. The van der Waals surface area contributed by atoms with Gasteiger partial charge in [-0.3, -0.25) is 9.36 Å². The van der Waals surface area contributed by atoms with Gasteiger partial charge >= 0.3 is 5.76 Å². The molecule has 1 amide bonds. The van der Waals surface area contributed by atoms with Crippen LogP contribution in [0.1, 0.15) is 11.1 Å². The number of nitrogens with zero attached hydrogens (tertiary/aromatic N) is 1. The maximum Gasteiger partial charge on any atom is 0.419 e. The van der Waals surface area contributed by atoms with Crippen molar-refractivity contribution in [3.05, 3.63) is 70.3 Å². The van der Waals surface area contributed by atoms with E-state index in [1.807, 2.05) is 42.6 Å². The number of rotatable bonds is 4. The van der Waals surface area contributed by atoms with Crippen LogP contribution >= 0.6 is 0 Å². The fourth-order valence-electron chi connectivity index (χ4n) is 3.00. The van der Waals surface area contributed by atoms with Crippen molar-refractivity contribution in [2.45, 2.75) is 13.0 Å². The monoisotopic (exact) mass is 335 g/mol. The molecular weight excluding hydrogens is 318 g/mol. The summed E-state index contributed by atoms with van der Waals surface area (Å²) in [5, 5.41) is 3.98.